The highest BCUT2D eigenvalue weighted by Gasteiger charge is 2.37. The topological polar surface area (TPSA) is 70.2 Å². The van der Waals surface area contributed by atoms with E-state index in [1.807, 2.05) is 4.90 Å². The average molecular weight is 359 g/mol. The molecule has 8 heteroatoms. The van der Waals surface area contributed by atoms with Gasteiger partial charge in [0, 0.05) is 45.9 Å². The number of nitrogens with zero attached hydrogens (tertiary/aromatic N) is 3. The van der Waals surface area contributed by atoms with E-state index < -0.39 is 16.1 Å². The highest BCUT2D eigenvalue weighted by molar-refractivity contribution is 7.88. The number of carbonyl (C=O) groups excluding carboxylic acids is 1. The monoisotopic (exact) mass is 359 g/mol. The number of piperidine rings is 1. The summed E-state index contributed by atoms with van der Waals surface area (Å²) in [5.74, 6) is -0.0168. The van der Waals surface area contributed by atoms with E-state index in [0.717, 1.165) is 51.9 Å². The van der Waals surface area contributed by atoms with Crippen LogP contribution in [0.3, 0.4) is 0 Å². The van der Waals surface area contributed by atoms with Crippen molar-refractivity contribution in [2.45, 2.75) is 44.2 Å². The van der Waals surface area contributed by atoms with Gasteiger partial charge >= 0.3 is 0 Å². The second-order valence-electron chi connectivity index (χ2n) is 7.15. The summed E-state index contributed by atoms with van der Waals surface area (Å²) in [6.45, 7) is 5.33. The summed E-state index contributed by atoms with van der Waals surface area (Å²) in [4.78, 5) is 17.0. The molecule has 3 fully saturated rings. The first-order valence-electron chi connectivity index (χ1n) is 9.05. The Labute approximate surface area is 145 Å². The summed E-state index contributed by atoms with van der Waals surface area (Å²) in [6, 6.07) is -0.501. The standard InChI is InChI=1S/C16H29N3O4S/c1-24(21,22)19-7-3-2-6-15(19)16(20)18-10-8-17(9-11-18)13-14-5-4-12-23-14/h14-15H,2-13H2,1H3. The summed E-state index contributed by atoms with van der Waals surface area (Å²) in [7, 11) is -3.33. The van der Waals surface area contributed by atoms with Crippen LogP contribution in [-0.2, 0) is 19.6 Å². The van der Waals surface area contributed by atoms with Crippen LogP contribution in [0.5, 0.6) is 0 Å². The Bertz CT molecular complexity index is 540. The summed E-state index contributed by atoms with van der Waals surface area (Å²) in [5.41, 5.74) is 0. The molecule has 0 radical (unpaired) electrons. The molecule has 3 rings (SSSR count). The summed E-state index contributed by atoms with van der Waals surface area (Å²) < 4.78 is 31.0. The minimum absolute atomic E-state index is 0.0168. The van der Waals surface area contributed by atoms with Gasteiger partial charge < -0.3 is 9.64 Å². The van der Waals surface area contributed by atoms with Gasteiger partial charge in [0.15, 0.2) is 0 Å². The largest absolute Gasteiger partial charge is 0.377 e. The number of ether oxygens (including phenoxy) is 1. The molecular weight excluding hydrogens is 330 g/mol. The summed E-state index contributed by atoms with van der Waals surface area (Å²) >= 11 is 0. The molecular formula is C16H29N3O4S. The van der Waals surface area contributed by atoms with Gasteiger partial charge in [0.05, 0.1) is 12.4 Å². The third-order valence-corrected chi connectivity index (χ3v) is 6.62. The predicted molar refractivity (Wildman–Crippen MR) is 91.2 cm³/mol. The fraction of sp³-hybridized carbons (Fsp3) is 0.938. The average Bonchev–Trinajstić information content (AvgIpc) is 3.07. The third-order valence-electron chi connectivity index (χ3n) is 5.33. The zero-order chi connectivity index (χ0) is 17.2. The molecule has 3 aliphatic rings. The Morgan fingerprint density at radius 2 is 1.79 bits per heavy atom. The number of amides is 1. The maximum Gasteiger partial charge on any atom is 0.241 e. The van der Waals surface area contributed by atoms with Crippen LogP contribution >= 0.6 is 0 Å². The van der Waals surface area contributed by atoms with Crippen LogP contribution in [0.25, 0.3) is 0 Å². The van der Waals surface area contributed by atoms with Crippen molar-refractivity contribution >= 4 is 15.9 Å². The highest BCUT2D eigenvalue weighted by Crippen LogP contribution is 2.22. The molecule has 138 valence electrons. The lowest BCUT2D eigenvalue weighted by Gasteiger charge is -2.40. The van der Waals surface area contributed by atoms with Crippen LogP contribution in [0.2, 0.25) is 0 Å². The first-order valence-corrected chi connectivity index (χ1v) is 10.9. The zero-order valence-electron chi connectivity index (χ0n) is 14.5. The fourth-order valence-electron chi connectivity index (χ4n) is 3.99. The number of hydrogen-bond acceptors (Lipinski definition) is 5. The van der Waals surface area contributed by atoms with Crippen LogP contribution < -0.4 is 0 Å². The van der Waals surface area contributed by atoms with Crippen LogP contribution in [0.4, 0.5) is 0 Å². The van der Waals surface area contributed by atoms with Crippen molar-refractivity contribution in [3.63, 3.8) is 0 Å². The predicted octanol–water partition coefficient (Wildman–Crippen LogP) is 0.124. The summed E-state index contributed by atoms with van der Waals surface area (Å²) in [5, 5.41) is 0. The van der Waals surface area contributed by atoms with Crippen LogP contribution in [-0.4, -0.2) is 92.7 Å². The van der Waals surface area contributed by atoms with E-state index in [-0.39, 0.29) is 5.91 Å². The number of piperazine rings is 1. The Balaban J connectivity index is 1.54. The zero-order valence-corrected chi connectivity index (χ0v) is 15.3. The molecule has 0 aromatic rings. The van der Waals surface area contributed by atoms with Gasteiger partial charge in [0.2, 0.25) is 15.9 Å². The van der Waals surface area contributed by atoms with E-state index in [1.165, 1.54) is 10.6 Å². The van der Waals surface area contributed by atoms with Gasteiger partial charge in [-0.1, -0.05) is 6.42 Å². The molecule has 2 unspecified atom stereocenters. The number of hydrogen-bond donors (Lipinski definition) is 0. The van der Waals surface area contributed by atoms with Gasteiger partial charge in [-0.25, -0.2) is 8.42 Å². The second kappa shape index (κ2) is 7.68. The number of carbonyl (C=O) groups is 1. The van der Waals surface area contributed by atoms with E-state index in [2.05, 4.69) is 4.90 Å². The van der Waals surface area contributed by atoms with Crippen LogP contribution in [0, 0.1) is 0 Å². The van der Waals surface area contributed by atoms with E-state index in [9.17, 15) is 13.2 Å². The Morgan fingerprint density at radius 3 is 2.42 bits per heavy atom. The van der Waals surface area contributed by atoms with Gasteiger partial charge in [-0.05, 0) is 25.7 Å². The molecule has 0 bridgehead atoms. The Morgan fingerprint density at radius 1 is 1.04 bits per heavy atom. The Hall–Kier alpha value is -0.700. The van der Waals surface area contributed by atoms with Crippen molar-refractivity contribution in [1.29, 1.82) is 0 Å². The lowest BCUT2D eigenvalue weighted by atomic mass is 10.0. The van der Waals surface area contributed by atoms with Gasteiger partial charge in [-0.15, -0.1) is 0 Å². The first-order chi connectivity index (χ1) is 11.4. The maximum atomic E-state index is 12.8. The molecule has 0 aliphatic carbocycles. The molecule has 0 N–H and O–H groups in total. The lowest BCUT2D eigenvalue weighted by molar-refractivity contribution is -0.138. The van der Waals surface area contributed by atoms with E-state index in [4.69, 9.17) is 4.74 Å². The van der Waals surface area contributed by atoms with Crippen molar-refractivity contribution in [3.8, 4) is 0 Å². The lowest BCUT2D eigenvalue weighted by Crippen LogP contribution is -2.57. The SMILES string of the molecule is CS(=O)(=O)N1CCCCC1C(=O)N1CCN(CC2CCCO2)CC1. The first kappa shape index (κ1) is 18.1. The van der Waals surface area contributed by atoms with Crippen LogP contribution in [0.15, 0.2) is 0 Å². The van der Waals surface area contributed by atoms with Crippen molar-refractivity contribution in [1.82, 2.24) is 14.1 Å². The second-order valence-corrected chi connectivity index (χ2v) is 9.08. The number of sulfonamides is 1. The van der Waals surface area contributed by atoms with Crippen molar-refractivity contribution < 1.29 is 17.9 Å². The van der Waals surface area contributed by atoms with Crippen molar-refractivity contribution in [2.24, 2.45) is 0 Å². The van der Waals surface area contributed by atoms with Crippen molar-refractivity contribution in [3.05, 3.63) is 0 Å². The third kappa shape index (κ3) is 4.28. The molecule has 0 spiro atoms. The van der Waals surface area contributed by atoms with E-state index in [0.29, 0.717) is 32.2 Å². The molecule has 3 heterocycles. The molecule has 3 aliphatic heterocycles. The smallest absolute Gasteiger partial charge is 0.241 e. The fourth-order valence-corrected chi connectivity index (χ4v) is 5.11. The molecule has 24 heavy (non-hydrogen) atoms. The maximum absolute atomic E-state index is 12.8. The van der Waals surface area contributed by atoms with Crippen LogP contribution in [0.1, 0.15) is 32.1 Å². The van der Waals surface area contributed by atoms with Gasteiger partial charge in [0.25, 0.3) is 0 Å². The van der Waals surface area contributed by atoms with E-state index in [1.54, 1.807) is 0 Å². The van der Waals surface area contributed by atoms with Gasteiger partial charge in [0.1, 0.15) is 6.04 Å². The van der Waals surface area contributed by atoms with Gasteiger partial charge in [-0.2, -0.15) is 4.31 Å². The van der Waals surface area contributed by atoms with Gasteiger partial charge in [-0.3, -0.25) is 9.69 Å². The molecule has 0 aromatic heterocycles. The molecule has 2 atom stereocenters. The quantitative estimate of drug-likeness (QED) is 0.713. The minimum Gasteiger partial charge on any atom is -0.377 e. The molecule has 3 saturated heterocycles. The molecule has 0 saturated carbocycles. The Kier molecular flexibility index (Phi) is 5.79. The highest BCUT2D eigenvalue weighted by atomic mass is 32.2. The van der Waals surface area contributed by atoms with E-state index >= 15 is 0 Å². The minimum atomic E-state index is -3.33. The van der Waals surface area contributed by atoms with Crippen molar-refractivity contribution in [2.75, 3.05) is 52.1 Å². The molecule has 7 nitrogen and oxygen atoms in total. The molecule has 0 aromatic carbocycles. The summed E-state index contributed by atoms with van der Waals surface area (Å²) in [6.07, 6.45) is 6.22. The molecule has 1 amide bonds. The number of rotatable bonds is 4. The normalized spacial score (nSPS) is 30.6.